The van der Waals surface area contributed by atoms with Gasteiger partial charge in [0.25, 0.3) is 0 Å². The number of rotatable bonds is 0. The van der Waals surface area contributed by atoms with Gasteiger partial charge in [-0.1, -0.05) is 60.3 Å². The third kappa shape index (κ3) is 4.46. The van der Waals surface area contributed by atoms with Gasteiger partial charge in [0.2, 0.25) is 0 Å². The minimum absolute atomic E-state index is 1.25. The molecule has 1 aliphatic rings. The van der Waals surface area contributed by atoms with Crippen LogP contribution in [0.5, 0.6) is 0 Å². The second kappa shape index (κ2) is 6.02. The molecule has 0 spiro atoms. The topological polar surface area (TPSA) is 0 Å². The van der Waals surface area contributed by atoms with Crippen LogP contribution in [-0.4, -0.2) is 0 Å². The van der Waals surface area contributed by atoms with E-state index in [0.717, 1.165) is 0 Å². The fraction of sp³-hybridized carbons (Fsp3) is 0.200. The highest BCUT2D eigenvalue weighted by Crippen LogP contribution is 2.07. The largest absolute Gasteiger partial charge is 0.0622 e. The lowest BCUT2D eigenvalue weighted by Gasteiger charge is -1.96. The molecule has 0 N–H and O–H groups in total. The first-order valence-electron chi connectivity index (χ1n) is 5.24. The monoisotopic (exact) mass is 198 g/mol. The fourth-order valence-electron chi connectivity index (χ4n) is 1.20. The van der Waals surface area contributed by atoms with Crippen molar-refractivity contribution in [3.63, 3.8) is 0 Å². The second-order valence-electron chi connectivity index (χ2n) is 3.74. The smallest absolute Gasteiger partial charge is 0.0395 e. The Bertz CT molecular complexity index is 382. The van der Waals surface area contributed by atoms with E-state index in [1.807, 2.05) is 0 Å². The third-order valence-corrected chi connectivity index (χ3v) is 2.37. The Labute approximate surface area is 92.7 Å². The molecule has 78 valence electrons. The highest BCUT2D eigenvalue weighted by Gasteiger charge is 1.87. The Morgan fingerprint density at radius 2 is 1.13 bits per heavy atom. The summed E-state index contributed by atoms with van der Waals surface area (Å²) in [6.45, 7) is 6.35. The van der Waals surface area contributed by atoms with Crippen LogP contribution in [0.2, 0.25) is 0 Å². The van der Waals surface area contributed by atoms with Crippen LogP contribution in [0, 0.1) is 0 Å². The molecule has 0 heterocycles. The maximum atomic E-state index is 2.13. The van der Waals surface area contributed by atoms with Crippen LogP contribution < -0.4 is 0 Å². The van der Waals surface area contributed by atoms with E-state index in [1.54, 1.807) is 0 Å². The van der Waals surface area contributed by atoms with Crippen LogP contribution in [-0.2, 0) is 0 Å². The summed E-state index contributed by atoms with van der Waals surface area (Å²) in [7, 11) is 0. The van der Waals surface area contributed by atoms with Gasteiger partial charge in [-0.25, -0.2) is 0 Å². The predicted molar refractivity (Wildman–Crippen MR) is 68.7 cm³/mol. The molecule has 0 saturated carbocycles. The van der Waals surface area contributed by atoms with Crippen molar-refractivity contribution in [2.75, 3.05) is 0 Å². The summed E-state index contributed by atoms with van der Waals surface area (Å²) in [6.07, 6.45) is 18.8. The normalized spacial score (nSPS) is 17.4. The zero-order valence-corrected chi connectivity index (χ0v) is 9.70. The molecule has 0 radical (unpaired) electrons. The van der Waals surface area contributed by atoms with Gasteiger partial charge >= 0.3 is 0 Å². The van der Waals surface area contributed by atoms with Crippen molar-refractivity contribution in [3.05, 3.63) is 71.4 Å². The molecule has 0 amide bonds. The Morgan fingerprint density at radius 1 is 0.600 bits per heavy atom. The zero-order valence-electron chi connectivity index (χ0n) is 9.70. The SMILES string of the molecule is CC1=CC=CC=CC(C)=C(C)C=CC=C1. The van der Waals surface area contributed by atoms with Crippen LogP contribution in [0.1, 0.15) is 20.8 Å². The molecular formula is C15H18. The quantitative estimate of drug-likeness (QED) is 0.537. The van der Waals surface area contributed by atoms with E-state index in [2.05, 4.69) is 75.5 Å². The standard InChI is InChI=1S/C15H18/c1-13-9-5-4-6-11-14(2)15(3)12-8-7-10-13/h4-12H,1-3H3. The van der Waals surface area contributed by atoms with Gasteiger partial charge in [-0.05, 0) is 31.9 Å². The average Bonchev–Trinajstić information content (AvgIpc) is 2.21. The van der Waals surface area contributed by atoms with Gasteiger partial charge in [0.05, 0.1) is 0 Å². The first-order valence-corrected chi connectivity index (χ1v) is 5.24. The summed E-state index contributed by atoms with van der Waals surface area (Å²) < 4.78 is 0. The summed E-state index contributed by atoms with van der Waals surface area (Å²) >= 11 is 0. The molecule has 0 nitrogen and oxygen atoms in total. The lowest BCUT2D eigenvalue weighted by atomic mass is 10.1. The molecule has 1 rings (SSSR count). The van der Waals surface area contributed by atoms with Crippen molar-refractivity contribution in [1.82, 2.24) is 0 Å². The molecule has 0 fully saturated rings. The first-order chi connectivity index (χ1) is 7.20. The maximum Gasteiger partial charge on any atom is -0.0395 e. The van der Waals surface area contributed by atoms with Gasteiger partial charge in [-0.15, -0.1) is 0 Å². The Kier molecular flexibility index (Phi) is 4.62. The van der Waals surface area contributed by atoms with E-state index in [9.17, 15) is 0 Å². The molecule has 0 aromatic heterocycles. The number of hydrogen-bond donors (Lipinski definition) is 0. The Morgan fingerprint density at radius 3 is 1.80 bits per heavy atom. The van der Waals surface area contributed by atoms with Crippen molar-refractivity contribution in [2.24, 2.45) is 0 Å². The molecule has 1 aliphatic carbocycles. The summed E-state index contributed by atoms with van der Waals surface area (Å²) in [5, 5.41) is 0. The second-order valence-corrected chi connectivity index (χ2v) is 3.74. The molecule has 0 aromatic carbocycles. The van der Waals surface area contributed by atoms with Crippen molar-refractivity contribution in [3.8, 4) is 0 Å². The van der Waals surface area contributed by atoms with E-state index in [1.165, 1.54) is 16.7 Å². The molecule has 0 atom stereocenters. The predicted octanol–water partition coefficient (Wildman–Crippen LogP) is 4.51. The molecule has 0 aliphatic heterocycles. The van der Waals surface area contributed by atoms with Crippen molar-refractivity contribution in [1.29, 1.82) is 0 Å². The van der Waals surface area contributed by atoms with Crippen LogP contribution >= 0.6 is 0 Å². The Hall–Kier alpha value is -1.56. The number of allylic oxidation sites excluding steroid dienone is 12. The third-order valence-electron chi connectivity index (χ3n) is 2.37. The highest BCUT2D eigenvalue weighted by molar-refractivity contribution is 5.35. The number of hydrogen-bond acceptors (Lipinski definition) is 0. The fourth-order valence-corrected chi connectivity index (χ4v) is 1.20. The van der Waals surface area contributed by atoms with Gasteiger partial charge < -0.3 is 0 Å². The highest BCUT2D eigenvalue weighted by atomic mass is 13.9. The van der Waals surface area contributed by atoms with E-state index in [0.29, 0.717) is 0 Å². The van der Waals surface area contributed by atoms with Crippen LogP contribution in [0.4, 0.5) is 0 Å². The van der Waals surface area contributed by atoms with E-state index in [-0.39, 0.29) is 0 Å². The van der Waals surface area contributed by atoms with E-state index >= 15 is 0 Å². The molecule has 0 bridgehead atoms. The van der Waals surface area contributed by atoms with Crippen molar-refractivity contribution >= 4 is 0 Å². The zero-order chi connectivity index (χ0) is 11.1. The van der Waals surface area contributed by atoms with E-state index < -0.39 is 0 Å². The Balaban J connectivity index is 2.99. The molecular weight excluding hydrogens is 180 g/mol. The molecule has 0 heteroatoms. The summed E-state index contributed by atoms with van der Waals surface area (Å²) in [4.78, 5) is 0. The average molecular weight is 198 g/mol. The van der Waals surface area contributed by atoms with Gasteiger partial charge in [0, 0.05) is 0 Å². The summed E-state index contributed by atoms with van der Waals surface area (Å²) in [5.41, 5.74) is 3.85. The molecule has 15 heavy (non-hydrogen) atoms. The maximum absolute atomic E-state index is 2.13. The van der Waals surface area contributed by atoms with Gasteiger partial charge in [0.1, 0.15) is 0 Å². The van der Waals surface area contributed by atoms with Gasteiger partial charge in [-0.3, -0.25) is 0 Å². The minimum atomic E-state index is 1.25. The summed E-state index contributed by atoms with van der Waals surface area (Å²) in [5.74, 6) is 0. The molecule has 0 saturated heterocycles. The van der Waals surface area contributed by atoms with Crippen molar-refractivity contribution < 1.29 is 0 Å². The molecule has 0 unspecified atom stereocenters. The minimum Gasteiger partial charge on any atom is -0.0622 e. The summed E-state index contributed by atoms with van der Waals surface area (Å²) in [6, 6.07) is 0. The van der Waals surface area contributed by atoms with Crippen LogP contribution in [0.3, 0.4) is 0 Å². The molecule has 0 aromatic rings. The first kappa shape index (κ1) is 11.5. The van der Waals surface area contributed by atoms with Gasteiger partial charge in [0.15, 0.2) is 0 Å². The van der Waals surface area contributed by atoms with Gasteiger partial charge in [-0.2, -0.15) is 0 Å². The lowest BCUT2D eigenvalue weighted by molar-refractivity contribution is 1.37. The van der Waals surface area contributed by atoms with Crippen LogP contribution in [0.25, 0.3) is 0 Å². The van der Waals surface area contributed by atoms with E-state index in [4.69, 9.17) is 0 Å². The van der Waals surface area contributed by atoms with Crippen molar-refractivity contribution in [2.45, 2.75) is 20.8 Å². The lowest BCUT2D eigenvalue weighted by Crippen LogP contribution is -1.76. The van der Waals surface area contributed by atoms with Crippen LogP contribution in [0.15, 0.2) is 71.4 Å².